The Kier molecular flexibility index (Phi) is 11.9. The average molecular weight is 262 g/mol. The standard InChI is InChI=1S/Al.8H2O.2Ti.3H/h;8*1H2;;;;;/q;;;;;;;;;2*+4;;;/p-8. The van der Waals surface area contributed by atoms with Crippen molar-refractivity contribution in [2.24, 2.45) is 0 Å². The molecule has 0 rings (SSSR count). The van der Waals surface area contributed by atoms with Gasteiger partial charge in [-0.15, -0.1) is 0 Å². The first-order valence-electron chi connectivity index (χ1n) is 1.79. The van der Waals surface area contributed by atoms with E-state index in [0.717, 1.165) is 0 Å². The van der Waals surface area contributed by atoms with Crippen molar-refractivity contribution in [2.75, 3.05) is 0 Å². The van der Waals surface area contributed by atoms with Crippen molar-refractivity contribution in [3.05, 3.63) is 0 Å². The van der Waals surface area contributed by atoms with Gasteiger partial charge >= 0.3 is 65.8 Å². The van der Waals surface area contributed by atoms with Crippen LogP contribution in [0.2, 0.25) is 0 Å². The quantitative estimate of drug-likeness (QED) is 0.200. The van der Waals surface area contributed by atoms with Crippen LogP contribution in [0, 0.1) is 0 Å². The molecule has 0 aliphatic carbocycles. The third kappa shape index (κ3) is 402. The third-order valence-corrected chi connectivity index (χ3v) is 0. The zero-order valence-corrected chi connectivity index (χ0v) is 7.70. The molecule has 0 saturated carbocycles. The first kappa shape index (κ1) is 18.4. The molecule has 11 heteroatoms. The second-order valence-electron chi connectivity index (χ2n) is 1.20. The summed E-state index contributed by atoms with van der Waals surface area (Å²) in [6, 6.07) is 0. The van der Waals surface area contributed by atoms with E-state index in [1.54, 1.807) is 0 Å². The molecule has 0 unspecified atom stereocenters. The van der Waals surface area contributed by atoms with Crippen molar-refractivity contribution in [3.63, 3.8) is 0 Å². The fraction of sp³-hybridized carbons (Fsp3) is 0. The van der Waals surface area contributed by atoms with E-state index in [0.29, 0.717) is 0 Å². The van der Waals surface area contributed by atoms with Crippen molar-refractivity contribution in [2.45, 2.75) is 0 Å². The molecular formula is H11AlO8Ti2. The van der Waals surface area contributed by atoms with Crippen LogP contribution >= 0.6 is 0 Å². The predicted molar refractivity (Wildman–Crippen MR) is 27.7 cm³/mol. The summed E-state index contributed by atoms with van der Waals surface area (Å²) >= 11 is -10.0. The molecule has 11 heavy (non-hydrogen) atoms. The van der Waals surface area contributed by atoms with Gasteiger partial charge in [-0.05, 0) is 0 Å². The van der Waals surface area contributed by atoms with E-state index in [4.69, 9.17) is 29.5 Å². The summed E-state index contributed by atoms with van der Waals surface area (Å²) in [5, 5.41) is 0. The Morgan fingerprint density at radius 2 is 0.455 bits per heavy atom. The Morgan fingerprint density at radius 3 is 0.455 bits per heavy atom. The third-order valence-electron chi connectivity index (χ3n) is 0. The van der Waals surface area contributed by atoms with Gasteiger partial charge in [-0.25, -0.2) is 0 Å². The van der Waals surface area contributed by atoms with Gasteiger partial charge in [-0.1, -0.05) is 0 Å². The van der Waals surface area contributed by atoms with Crippen LogP contribution < -0.4 is 0 Å². The summed E-state index contributed by atoms with van der Waals surface area (Å²) in [7, 11) is 0. The SMILES string of the molecule is [AlH3].[OH][Ti]([OH])([OH])[OH].[OH][Ti]([OH])([OH])[OH]. The molecule has 0 aliphatic rings. The first-order valence-corrected chi connectivity index (χ1v) is 7.38. The Bertz CT molecular complexity index is 55.1. The summed E-state index contributed by atoms with van der Waals surface area (Å²) in [6.07, 6.45) is 0. The summed E-state index contributed by atoms with van der Waals surface area (Å²) in [6.45, 7) is 0. The topological polar surface area (TPSA) is 162 Å². The second-order valence-corrected chi connectivity index (χ2v) is 4.95. The van der Waals surface area contributed by atoms with E-state index in [1.165, 1.54) is 0 Å². The van der Waals surface area contributed by atoms with Crippen molar-refractivity contribution in [1.82, 2.24) is 0 Å². The van der Waals surface area contributed by atoms with Crippen LogP contribution in [-0.4, -0.2) is 46.9 Å². The molecule has 0 fully saturated rings. The fourth-order valence-corrected chi connectivity index (χ4v) is 0. The number of rotatable bonds is 0. The summed E-state index contributed by atoms with van der Waals surface area (Å²) in [5.74, 6) is 0. The summed E-state index contributed by atoms with van der Waals surface area (Å²) in [5.41, 5.74) is 0. The van der Waals surface area contributed by atoms with E-state index < -0.39 is 36.3 Å². The Labute approximate surface area is 82.6 Å². The van der Waals surface area contributed by atoms with E-state index in [-0.39, 0.29) is 17.4 Å². The molecule has 0 atom stereocenters. The molecule has 8 N–H and O–H groups in total. The normalized spacial score (nSPS) is 10.9. The Hall–Kier alpha value is 1.64. The van der Waals surface area contributed by atoms with E-state index in [1.807, 2.05) is 0 Å². The second kappa shape index (κ2) is 7.08. The molecular weight excluding hydrogens is 251 g/mol. The molecule has 0 amide bonds. The van der Waals surface area contributed by atoms with Crippen LogP contribution in [0.25, 0.3) is 0 Å². The average Bonchev–Trinajstić information content (AvgIpc) is 1.12. The van der Waals surface area contributed by atoms with Crippen molar-refractivity contribution in [1.29, 1.82) is 0 Å². The molecule has 0 heterocycles. The van der Waals surface area contributed by atoms with Gasteiger partial charge in [0.15, 0.2) is 17.4 Å². The molecule has 0 saturated heterocycles. The molecule has 0 radical (unpaired) electrons. The maximum atomic E-state index is 7.38. The van der Waals surface area contributed by atoms with Crippen LogP contribution in [-0.2, 0) is 36.3 Å². The molecule has 0 aliphatic heterocycles. The van der Waals surface area contributed by atoms with Gasteiger partial charge in [0, 0.05) is 0 Å². The Balaban J connectivity index is -0.000000107. The van der Waals surface area contributed by atoms with Crippen LogP contribution in [0.1, 0.15) is 0 Å². The fourth-order valence-electron chi connectivity index (χ4n) is 0. The van der Waals surface area contributed by atoms with Gasteiger partial charge in [0.1, 0.15) is 0 Å². The molecule has 70 valence electrons. The van der Waals surface area contributed by atoms with Gasteiger partial charge < -0.3 is 0 Å². The molecule has 0 spiro atoms. The molecule has 0 aromatic carbocycles. The van der Waals surface area contributed by atoms with Crippen LogP contribution in [0.4, 0.5) is 0 Å². The van der Waals surface area contributed by atoms with Gasteiger partial charge in [0.2, 0.25) is 0 Å². The summed E-state index contributed by atoms with van der Waals surface area (Å²) < 4.78 is 59.0. The van der Waals surface area contributed by atoms with Crippen LogP contribution in [0.3, 0.4) is 0 Å². The molecule has 8 nitrogen and oxygen atoms in total. The minimum atomic E-state index is -5.00. The van der Waals surface area contributed by atoms with E-state index >= 15 is 0 Å². The van der Waals surface area contributed by atoms with Crippen molar-refractivity contribution < 1.29 is 65.8 Å². The van der Waals surface area contributed by atoms with E-state index in [2.05, 4.69) is 0 Å². The van der Waals surface area contributed by atoms with Gasteiger partial charge in [0.05, 0.1) is 0 Å². The Morgan fingerprint density at radius 1 is 0.455 bits per heavy atom. The van der Waals surface area contributed by atoms with Crippen LogP contribution in [0.15, 0.2) is 0 Å². The van der Waals surface area contributed by atoms with Gasteiger partial charge in [0.25, 0.3) is 0 Å². The van der Waals surface area contributed by atoms with Crippen molar-refractivity contribution >= 4 is 17.4 Å². The van der Waals surface area contributed by atoms with Crippen molar-refractivity contribution in [3.8, 4) is 0 Å². The van der Waals surface area contributed by atoms with Gasteiger partial charge in [-0.2, -0.15) is 0 Å². The number of hydrogen-bond donors (Lipinski definition) is 8. The molecule has 0 aromatic rings. The van der Waals surface area contributed by atoms with Gasteiger partial charge in [-0.3, -0.25) is 0 Å². The number of hydrogen-bond acceptors (Lipinski definition) is 8. The van der Waals surface area contributed by atoms with E-state index in [9.17, 15) is 0 Å². The predicted octanol–water partition coefficient (Wildman–Crippen LogP) is -5.64. The maximum absolute atomic E-state index is 7.38. The van der Waals surface area contributed by atoms with Crippen LogP contribution in [0.5, 0.6) is 0 Å². The summed E-state index contributed by atoms with van der Waals surface area (Å²) in [4.78, 5) is 0. The molecule has 0 aromatic heterocycles. The first-order chi connectivity index (χ1) is 4.00. The zero-order valence-electron chi connectivity index (χ0n) is 4.58. The minimum absolute atomic E-state index is 0. The monoisotopic (exact) mass is 262 g/mol. The zero-order chi connectivity index (χ0) is 9.00. The molecule has 0 bridgehead atoms.